The van der Waals surface area contributed by atoms with Gasteiger partial charge in [0.05, 0.1) is 11.0 Å². The molecule has 0 spiro atoms. The topological polar surface area (TPSA) is 34.1 Å². The first-order valence-electron chi connectivity index (χ1n) is 6.70. The summed E-state index contributed by atoms with van der Waals surface area (Å²) < 4.78 is 25.6. The smallest absolute Gasteiger partial charge is 0.158 e. The van der Waals surface area contributed by atoms with E-state index in [-0.39, 0.29) is 21.8 Å². The Morgan fingerprint density at radius 3 is 1.68 bits per heavy atom. The Balaban J connectivity index is 3.16. The Labute approximate surface area is 118 Å². The summed E-state index contributed by atoms with van der Waals surface area (Å²) in [5.41, 5.74) is 0.318. The summed E-state index contributed by atoms with van der Waals surface area (Å²) in [7, 11) is -3.19. The van der Waals surface area contributed by atoms with Crippen molar-refractivity contribution in [1.29, 1.82) is 0 Å². The maximum atomic E-state index is 12.8. The number of hydrogen-bond donors (Lipinski definition) is 0. The molecule has 108 valence electrons. The lowest BCUT2D eigenvalue weighted by molar-refractivity contribution is 0.237. The Kier molecular flexibility index (Phi) is 4.51. The minimum atomic E-state index is -3.19. The normalized spacial score (nSPS) is 13.8. The van der Waals surface area contributed by atoms with Gasteiger partial charge in [-0.05, 0) is 16.4 Å². The third-order valence-corrected chi connectivity index (χ3v) is 6.01. The molecular formula is C16H26O2S. The van der Waals surface area contributed by atoms with E-state index in [2.05, 4.69) is 0 Å². The predicted molar refractivity (Wildman–Crippen MR) is 81.8 cm³/mol. The number of benzene rings is 1. The van der Waals surface area contributed by atoms with Crippen LogP contribution in [0.3, 0.4) is 0 Å². The first kappa shape index (κ1) is 16.2. The molecule has 19 heavy (non-hydrogen) atoms. The lowest BCUT2D eigenvalue weighted by Gasteiger charge is -2.40. The van der Waals surface area contributed by atoms with Crippen molar-refractivity contribution in [3.8, 4) is 0 Å². The molecule has 3 heteroatoms. The molecule has 0 heterocycles. The van der Waals surface area contributed by atoms with E-state index < -0.39 is 9.84 Å². The molecule has 0 aromatic heterocycles. The standard InChI is InChI=1S/C16H26O2S/c1-15(2,3)14(16(4,5)6)19(17,18)12-13-10-8-7-9-11-13/h7-11,14H,12H2,1-6H3. The van der Waals surface area contributed by atoms with Crippen LogP contribution in [0, 0.1) is 10.8 Å². The first-order chi connectivity index (χ1) is 8.44. The summed E-state index contributed by atoms with van der Waals surface area (Å²) in [5.74, 6) is 0.118. The van der Waals surface area contributed by atoms with Gasteiger partial charge in [-0.25, -0.2) is 8.42 Å². The molecule has 0 radical (unpaired) electrons. The second-order valence-corrected chi connectivity index (χ2v) is 9.49. The molecule has 0 aliphatic carbocycles. The zero-order chi connectivity index (χ0) is 14.9. The largest absolute Gasteiger partial charge is 0.228 e. The Morgan fingerprint density at radius 2 is 1.32 bits per heavy atom. The molecule has 0 unspecified atom stereocenters. The molecule has 1 rings (SSSR count). The minimum Gasteiger partial charge on any atom is -0.228 e. The van der Waals surface area contributed by atoms with Crippen molar-refractivity contribution in [3.63, 3.8) is 0 Å². The highest BCUT2D eigenvalue weighted by Crippen LogP contribution is 2.40. The van der Waals surface area contributed by atoms with E-state index in [1.807, 2.05) is 71.9 Å². The Hall–Kier alpha value is -0.830. The molecular weight excluding hydrogens is 256 g/mol. The SMILES string of the molecule is CC(C)(C)C(C(C)(C)C)S(=O)(=O)Cc1ccccc1. The fraction of sp³-hybridized carbons (Fsp3) is 0.625. The van der Waals surface area contributed by atoms with Gasteiger partial charge in [-0.1, -0.05) is 71.9 Å². The highest BCUT2D eigenvalue weighted by Gasteiger charge is 2.44. The summed E-state index contributed by atoms with van der Waals surface area (Å²) in [6, 6.07) is 9.42. The summed E-state index contributed by atoms with van der Waals surface area (Å²) >= 11 is 0. The monoisotopic (exact) mass is 282 g/mol. The van der Waals surface area contributed by atoms with Crippen LogP contribution in [0.4, 0.5) is 0 Å². The van der Waals surface area contributed by atoms with E-state index in [4.69, 9.17) is 0 Å². The van der Waals surface area contributed by atoms with Crippen molar-refractivity contribution in [1.82, 2.24) is 0 Å². The molecule has 0 N–H and O–H groups in total. The number of sulfone groups is 1. The molecule has 0 aliphatic rings. The summed E-state index contributed by atoms with van der Waals surface area (Å²) in [4.78, 5) is 0. The van der Waals surface area contributed by atoms with Crippen LogP contribution in [0.25, 0.3) is 0 Å². The van der Waals surface area contributed by atoms with Crippen LogP contribution in [-0.4, -0.2) is 13.7 Å². The van der Waals surface area contributed by atoms with Gasteiger partial charge in [-0.3, -0.25) is 0 Å². The van der Waals surface area contributed by atoms with Gasteiger partial charge in [-0.15, -0.1) is 0 Å². The second kappa shape index (κ2) is 5.28. The van der Waals surface area contributed by atoms with Gasteiger partial charge < -0.3 is 0 Å². The zero-order valence-electron chi connectivity index (χ0n) is 12.9. The lowest BCUT2D eigenvalue weighted by atomic mass is 9.77. The molecule has 0 amide bonds. The van der Waals surface area contributed by atoms with E-state index in [1.54, 1.807) is 0 Å². The van der Waals surface area contributed by atoms with Crippen molar-refractivity contribution < 1.29 is 8.42 Å². The molecule has 0 fully saturated rings. The van der Waals surface area contributed by atoms with Crippen LogP contribution in [0.5, 0.6) is 0 Å². The highest BCUT2D eigenvalue weighted by atomic mass is 32.2. The zero-order valence-corrected chi connectivity index (χ0v) is 13.7. The third-order valence-electron chi connectivity index (χ3n) is 3.14. The van der Waals surface area contributed by atoms with Gasteiger partial charge in [-0.2, -0.15) is 0 Å². The fourth-order valence-electron chi connectivity index (χ4n) is 3.27. The molecule has 0 saturated heterocycles. The average molecular weight is 282 g/mol. The van der Waals surface area contributed by atoms with Crippen LogP contribution in [0.2, 0.25) is 0 Å². The second-order valence-electron chi connectivity index (χ2n) is 7.40. The maximum absolute atomic E-state index is 12.8. The third kappa shape index (κ3) is 4.34. The molecule has 1 aromatic rings. The minimum absolute atomic E-state index is 0.118. The Bertz CT molecular complexity index is 488. The van der Waals surface area contributed by atoms with Crippen molar-refractivity contribution in [2.24, 2.45) is 10.8 Å². The van der Waals surface area contributed by atoms with Gasteiger partial charge in [0, 0.05) is 0 Å². The Morgan fingerprint density at radius 1 is 0.895 bits per heavy atom. The molecule has 2 nitrogen and oxygen atoms in total. The van der Waals surface area contributed by atoms with Gasteiger partial charge in [0.25, 0.3) is 0 Å². The van der Waals surface area contributed by atoms with Crippen LogP contribution < -0.4 is 0 Å². The quantitative estimate of drug-likeness (QED) is 0.837. The molecule has 0 aliphatic heterocycles. The van der Waals surface area contributed by atoms with Gasteiger partial charge in [0.2, 0.25) is 0 Å². The summed E-state index contributed by atoms with van der Waals surface area (Å²) in [6.45, 7) is 12.0. The average Bonchev–Trinajstić information content (AvgIpc) is 2.11. The van der Waals surface area contributed by atoms with Gasteiger partial charge >= 0.3 is 0 Å². The van der Waals surface area contributed by atoms with Crippen LogP contribution in [0.1, 0.15) is 47.1 Å². The van der Waals surface area contributed by atoms with E-state index in [9.17, 15) is 8.42 Å². The van der Waals surface area contributed by atoms with E-state index >= 15 is 0 Å². The molecule has 0 atom stereocenters. The van der Waals surface area contributed by atoms with Crippen LogP contribution in [-0.2, 0) is 15.6 Å². The van der Waals surface area contributed by atoms with Gasteiger partial charge in [0.15, 0.2) is 9.84 Å². The van der Waals surface area contributed by atoms with Crippen molar-refractivity contribution in [2.75, 3.05) is 0 Å². The van der Waals surface area contributed by atoms with Crippen LogP contribution >= 0.6 is 0 Å². The lowest BCUT2D eigenvalue weighted by Crippen LogP contribution is -2.45. The molecule has 0 saturated carbocycles. The van der Waals surface area contributed by atoms with E-state index in [0.717, 1.165) is 5.56 Å². The van der Waals surface area contributed by atoms with Crippen LogP contribution in [0.15, 0.2) is 30.3 Å². The van der Waals surface area contributed by atoms with Crippen molar-refractivity contribution in [2.45, 2.75) is 52.5 Å². The number of hydrogen-bond acceptors (Lipinski definition) is 2. The molecule has 0 bridgehead atoms. The summed E-state index contributed by atoms with van der Waals surface area (Å²) in [5, 5.41) is -0.368. The fourth-order valence-corrected chi connectivity index (χ4v) is 6.24. The maximum Gasteiger partial charge on any atom is 0.158 e. The van der Waals surface area contributed by atoms with E-state index in [0.29, 0.717) is 0 Å². The van der Waals surface area contributed by atoms with Crippen molar-refractivity contribution >= 4 is 9.84 Å². The van der Waals surface area contributed by atoms with Crippen molar-refractivity contribution in [3.05, 3.63) is 35.9 Å². The molecule has 1 aromatic carbocycles. The first-order valence-corrected chi connectivity index (χ1v) is 8.41. The van der Waals surface area contributed by atoms with E-state index in [1.165, 1.54) is 0 Å². The number of rotatable bonds is 3. The van der Waals surface area contributed by atoms with Gasteiger partial charge in [0.1, 0.15) is 0 Å². The summed E-state index contributed by atoms with van der Waals surface area (Å²) in [6.07, 6.45) is 0. The predicted octanol–water partition coefficient (Wildman–Crippen LogP) is 4.06. The highest BCUT2D eigenvalue weighted by molar-refractivity contribution is 7.91.